The van der Waals surface area contributed by atoms with Crippen LogP contribution < -0.4 is 19.1 Å². The molecular weight excluding hydrogens is 444 g/mol. The van der Waals surface area contributed by atoms with E-state index in [-0.39, 0.29) is 23.0 Å². The Morgan fingerprint density at radius 1 is 0.939 bits per heavy atom. The van der Waals surface area contributed by atoms with E-state index in [1.54, 1.807) is 48.5 Å². The fraction of sp³-hybridized carbons (Fsp3) is 0.167. The van der Waals surface area contributed by atoms with Gasteiger partial charge in [0.05, 0.1) is 26.9 Å². The third kappa shape index (κ3) is 6.33. The molecule has 0 saturated heterocycles. The SMILES string of the molecule is COc1ccc(CC(=O)NN=Cc2ccccc2OS(=O)(=O)c2ccc(C)cc2)cc1OC. The minimum atomic E-state index is -4.02. The molecule has 0 fully saturated rings. The molecule has 0 aliphatic carbocycles. The third-order valence-electron chi connectivity index (χ3n) is 4.63. The quantitative estimate of drug-likeness (QED) is 0.293. The Kier molecular flexibility index (Phi) is 7.68. The van der Waals surface area contributed by atoms with Gasteiger partial charge in [0, 0.05) is 5.56 Å². The molecule has 3 aromatic carbocycles. The number of hydrogen-bond acceptors (Lipinski definition) is 7. The lowest BCUT2D eigenvalue weighted by molar-refractivity contribution is -0.120. The van der Waals surface area contributed by atoms with Gasteiger partial charge in [-0.3, -0.25) is 4.79 Å². The first-order chi connectivity index (χ1) is 15.8. The molecule has 8 nitrogen and oxygen atoms in total. The highest BCUT2D eigenvalue weighted by Gasteiger charge is 2.18. The Morgan fingerprint density at radius 3 is 2.33 bits per heavy atom. The Labute approximate surface area is 192 Å². The lowest BCUT2D eigenvalue weighted by Gasteiger charge is -2.10. The second-order valence-electron chi connectivity index (χ2n) is 7.05. The summed E-state index contributed by atoms with van der Waals surface area (Å²) in [5.41, 5.74) is 4.47. The normalized spacial score (nSPS) is 11.2. The zero-order chi connectivity index (χ0) is 23.8. The van der Waals surface area contributed by atoms with E-state index in [1.807, 2.05) is 6.92 Å². The molecule has 0 saturated carbocycles. The number of nitrogens with zero attached hydrogens (tertiary/aromatic N) is 1. The van der Waals surface area contributed by atoms with Gasteiger partial charge < -0.3 is 13.7 Å². The Balaban J connectivity index is 1.67. The van der Waals surface area contributed by atoms with E-state index in [2.05, 4.69) is 10.5 Å². The summed E-state index contributed by atoms with van der Waals surface area (Å²) in [6.07, 6.45) is 1.39. The second kappa shape index (κ2) is 10.6. The van der Waals surface area contributed by atoms with Crippen molar-refractivity contribution in [1.29, 1.82) is 0 Å². The van der Waals surface area contributed by atoms with Crippen LogP contribution in [0.15, 0.2) is 76.7 Å². The molecule has 0 unspecified atom stereocenters. The average molecular weight is 469 g/mol. The number of benzene rings is 3. The highest BCUT2D eigenvalue weighted by atomic mass is 32.2. The fourth-order valence-electron chi connectivity index (χ4n) is 2.92. The number of hydrazone groups is 1. The molecule has 3 rings (SSSR count). The van der Waals surface area contributed by atoms with E-state index >= 15 is 0 Å². The number of ether oxygens (including phenoxy) is 2. The summed E-state index contributed by atoms with van der Waals surface area (Å²) >= 11 is 0. The van der Waals surface area contributed by atoms with Gasteiger partial charge in [0.25, 0.3) is 0 Å². The van der Waals surface area contributed by atoms with Crippen LogP contribution in [0, 0.1) is 6.92 Å². The van der Waals surface area contributed by atoms with Crippen molar-refractivity contribution in [3.63, 3.8) is 0 Å². The lowest BCUT2D eigenvalue weighted by atomic mass is 10.1. The zero-order valence-corrected chi connectivity index (χ0v) is 19.3. The number of rotatable bonds is 9. The Bertz CT molecular complexity index is 1250. The van der Waals surface area contributed by atoms with E-state index in [0.29, 0.717) is 22.6 Å². The second-order valence-corrected chi connectivity index (χ2v) is 8.59. The van der Waals surface area contributed by atoms with E-state index < -0.39 is 10.1 Å². The molecule has 9 heteroatoms. The molecular formula is C24H24N2O6S. The zero-order valence-electron chi connectivity index (χ0n) is 18.4. The topological polar surface area (TPSA) is 103 Å². The molecule has 0 spiro atoms. The number of nitrogens with one attached hydrogen (secondary N) is 1. The van der Waals surface area contributed by atoms with Gasteiger partial charge in [-0.05, 0) is 48.9 Å². The maximum absolute atomic E-state index is 12.6. The number of carbonyl (C=O) groups is 1. The minimum absolute atomic E-state index is 0.0445. The van der Waals surface area contributed by atoms with Crippen molar-refractivity contribution in [2.24, 2.45) is 5.10 Å². The number of hydrogen-bond donors (Lipinski definition) is 1. The maximum Gasteiger partial charge on any atom is 0.339 e. The first-order valence-electron chi connectivity index (χ1n) is 9.95. The van der Waals surface area contributed by atoms with Gasteiger partial charge in [-0.15, -0.1) is 0 Å². The molecule has 0 aromatic heterocycles. The fourth-order valence-corrected chi connectivity index (χ4v) is 3.88. The first-order valence-corrected chi connectivity index (χ1v) is 11.4. The standard InChI is InChI=1S/C24H24N2O6S/c1-17-8-11-20(12-9-17)33(28,29)32-21-7-5-4-6-19(21)16-25-26-24(27)15-18-10-13-22(30-2)23(14-18)31-3/h4-14,16H,15H2,1-3H3,(H,26,27). The summed E-state index contributed by atoms with van der Waals surface area (Å²) in [7, 11) is -0.966. The monoisotopic (exact) mass is 468 g/mol. The summed E-state index contributed by atoms with van der Waals surface area (Å²) in [5, 5.41) is 3.93. The lowest BCUT2D eigenvalue weighted by Crippen LogP contribution is -2.20. The van der Waals surface area contributed by atoms with Gasteiger partial charge in [0.15, 0.2) is 17.2 Å². The van der Waals surface area contributed by atoms with Gasteiger partial charge >= 0.3 is 10.1 Å². The predicted molar refractivity (Wildman–Crippen MR) is 124 cm³/mol. The molecule has 0 aliphatic rings. The molecule has 172 valence electrons. The minimum Gasteiger partial charge on any atom is -0.493 e. The predicted octanol–water partition coefficient (Wildman–Crippen LogP) is 3.47. The first kappa shape index (κ1) is 23.8. The molecule has 0 atom stereocenters. The van der Waals surface area contributed by atoms with Crippen molar-refractivity contribution in [1.82, 2.24) is 5.43 Å². The van der Waals surface area contributed by atoms with Gasteiger partial charge in [-0.2, -0.15) is 13.5 Å². The smallest absolute Gasteiger partial charge is 0.339 e. The third-order valence-corrected chi connectivity index (χ3v) is 5.88. The van der Waals surface area contributed by atoms with E-state index in [4.69, 9.17) is 13.7 Å². The van der Waals surface area contributed by atoms with Crippen molar-refractivity contribution in [3.8, 4) is 17.2 Å². The van der Waals surface area contributed by atoms with Crippen molar-refractivity contribution in [2.75, 3.05) is 14.2 Å². The summed E-state index contributed by atoms with van der Waals surface area (Å²) in [4.78, 5) is 12.3. The van der Waals surface area contributed by atoms with E-state index in [0.717, 1.165) is 5.56 Å². The number of carbonyl (C=O) groups excluding carboxylic acids is 1. The van der Waals surface area contributed by atoms with Crippen molar-refractivity contribution < 1.29 is 26.9 Å². The van der Waals surface area contributed by atoms with Crippen LogP contribution in [-0.2, 0) is 21.3 Å². The summed E-state index contributed by atoms with van der Waals surface area (Å²) in [6, 6.07) is 18.0. The molecule has 3 aromatic rings. The van der Waals surface area contributed by atoms with Crippen LogP contribution in [0.2, 0.25) is 0 Å². The Hall–Kier alpha value is -3.85. The Morgan fingerprint density at radius 2 is 1.64 bits per heavy atom. The van der Waals surface area contributed by atoms with Crippen LogP contribution in [0.25, 0.3) is 0 Å². The molecule has 0 radical (unpaired) electrons. The summed E-state index contributed by atoms with van der Waals surface area (Å²) < 4.78 is 40.9. The van der Waals surface area contributed by atoms with Crippen molar-refractivity contribution in [2.45, 2.75) is 18.2 Å². The van der Waals surface area contributed by atoms with Crippen molar-refractivity contribution in [3.05, 3.63) is 83.4 Å². The number of para-hydroxylation sites is 1. The molecule has 0 heterocycles. The molecule has 1 N–H and O–H groups in total. The number of amides is 1. The highest BCUT2D eigenvalue weighted by molar-refractivity contribution is 7.87. The van der Waals surface area contributed by atoms with Crippen LogP contribution >= 0.6 is 0 Å². The molecule has 0 aliphatic heterocycles. The molecule has 1 amide bonds. The molecule has 0 bridgehead atoms. The number of aryl methyl sites for hydroxylation is 1. The van der Waals surface area contributed by atoms with Gasteiger partial charge in [-0.25, -0.2) is 5.43 Å². The maximum atomic E-state index is 12.6. The van der Waals surface area contributed by atoms with Gasteiger partial charge in [-0.1, -0.05) is 35.9 Å². The largest absolute Gasteiger partial charge is 0.493 e. The van der Waals surface area contributed by atoms with Crippen molar-refractivity contribution >= 4 is 22.2 Å². The average Bonchev–Trinajstić information content (AvgIpc) is 2.80. The van der Waals surface area contributed by atoms with Gasteiger partial charge in [0.2, 0.25) is 5.91 Å². The van der Waals surface area contributed by atoms with Crippen LogP contribution in [0.4, 0.5) is 0 Å². The number of methoxy groups -OCH3 is 2. The van der Waals surface area contributed by atoms with E-state index in [1.165, 1.54) is 38.6 Å². The van der Waals surface area contributed by atoms with Crippen LogP contribution in [0.1, 0.15) is 16.7 Å². The van der Waals surface area contributed by atoms with Crippen LogP contribution in [0.5, 0.6) is 17.2 Å². The summed E-state index contributed by atoms with van der Waals surface area (Å²) in [6.45, 7) is 1.86. The highest BCUT2D eigenvalue weighted by Crippen LogP contribution is 2.27. The van der Waals surface area contributed by atoms with Crippen LogP contribution in [0.3, 0.4) is 0 Å². The van der Waals surface area contributed by atoms with E-state index in [9.17, 15) is 13.2 Å². The van der Waals surface area contributed by atoms with Gasteiger partial charge in [0.1, 0.15) is 4.90 Å². The summed E-state index contributed by atoms with van der Waals surface area (Å²) in [5.74, 6) is 0.823. The van der Waals surface area contributed by atoms with Crippen LogP contribution in [-0.4, -0.2) is 34.8 Å². The molecule has 33 heavy (non-hydrogen) atoms.